The van der Waals surface area contributed by atoms with Gasteiger partial charge in [0.25, 0.3) is 0 Å². The molecule has 5 heteroatoms. The molecule has 0 bridgehead atoms. The number of hydrogen-bond donors (Lipinski definition) is 1. The molecule has 0 amide bonds. The number of ketones is 2. The summed E-state index contributed by atoms with van der Waals surface area (Å²) < 4.78 is 0. The number of halogens is 1. The number of nitrogens with zero attached hydrogens (tertiary/aromatic N) is 1. The zero-order chi connectivity index (χ0) is 21.8. The van der Waals surface area contributed by atoms with E-state index in [0.717, 1.165) is 22.2 Å². The van der Waals surface area contributed by atoms with E-state index in [9.17, 15) is 9.59 Å². The maximum absolute atomic E-state index is 13.2. The summed E-state index contributed by atoms with van der Waals surface area (Å²) in [5.74, 6) is 0.334. The van der Waals surface area contributed by atoms with E-state index >= 15 is 0 Å². The van der Waals surface area contributed by atoms with Crippen LogP contribution in [-0.4, -0.2) is 21.5 Å². The number of carbonyl (C=O) groups excluding carboxylic acids is 2. The van der Waals surface area contributed by atoms with E-state index in [-0.39, 0.29) is 11.6 Å². The Morgan fingerprint density at radius 3 is 1.91 bits per heavy atom. The molecule has 1 aromatic heterocycles. The molecule has 0 saturated carbocycles. The highest BCUT2D eigenvalue weighted by Crippen LogP contribution is 2.33. The summed E-state index contributed by atoms with van der Waals surface area (Å²) in [6.07, 6.45) is 0. The lowest BCUT2D eigenvalue weighted by atomic mass is 9.83. The van der Waals surface area contributed by atoms with Crippen LogP contribution in [0.2, 0.25) is 5.02 Å². The van der Waals surface area contributed by atoms with Crippen LogP contribution in [0.4, 0.5) is 0 Å². The lowest BCUT2D eigenvalue weighted by molar-refractivity contribution is 0.0980. The summed E-state index contributed by atoms with van der Waals surface area (Å²) in [4.78, 5) is 34.2. The molecule has 5 aromatic rings. The SMILES string of the molecule is O=C1c2ccccc2C(=O)c2c1ccc1[nH]c(-c3ccc(-c4ccc(Cl)cc4)cc3)nc21. The third kappa shape index (κ3) is 2.81. The molecular weight excluding hydrogens is 420 g/mol. The highest BCUT2D eigenvalue weighted by Gasteiger charge is 2.32. The number of H-pyrrole nitrogens is 1. The van der Waals surface area contributed by atoms with E-state index in [1.165, 1.54) is 0 Å². The van der Waals surface area contributed by atoms with E-state index in [0.29, 0.717) is 38.6 Å². The topological polar surface area (TPSA) is 62.8 Å². The number of fused-ring (bicyclic) bond motifs is 4. The van der Waals surface area contributed by atoms with Crippen LogP contribution in [0.3, 0.4) is 0 Å². The minimum Gasteiger partial charge on any atom is -0.338 e. The zero-order valence-corrected chi connectivity index (χ0v) is 17.5. The van der Waals surface area contributed by atoms with Gasteiger partial charge in [0.2, 0.25) is 0 Å². The minimum atomic E-state index is -0.170. The Bertz CT molecular complexity index is 1550. The fraction of sp³-hybridized carbons (Fsp3) is 0. The molecule has 0 unspecified atom stereocenters. The minimum absolute atomic E-state index is 0.144. The van der Waals surface area contributed by atoms with Crippen LogP contribution in [0.1, 0.15) is 31.8 Å². The van der Waals surface area contributed by atoms with Crippen LogP contribution in [0.25, 0.3) is 33.5 Å². The summed E-state index contributed by atoms with van der Waals surface area (Å²) in [7, 11) is 0. The molecule has 0 spiro atoms. The molecular formula is C27H15ClN2O2. The van der Waals surface area contributed by atoms with Gasteiger partial charge >= 0.3 is 0 Å². The van der Waals surface area contributed by atoms with Gasteiger partial charge in [-0.3, -0.25) is 9.59 Å². The van der Waals surface area contributed by atoms with Gasteiger partial charge in [0.1, 0.15) is 11.3 Å². The summed E-state index contributed by atoms with van der Waals surface area (Å²) in [5, 5.41) is 0.701. The molecule has 0 atom stereocenters. The van der Waals surface area contributed by atoms with E-state index in [1.807, 2.05) is 54.6 Å². The molecule has 6 rings (SSSR count). The first-order valence-corrected chi connectivity index (χ1v) is 10.6. The van der Waals surface area contributed by atoms with Crippen molar-refractivity contribution in [1.82, 2.24) is 9.97 Å². The fourth-order valence-corrected chi connectivity index (χ4v) is 4.38. The third-order valence-electron chi connectivity index (χ3n) is 5.88. The number of aromatic nitrogens is 2. The standard InChI is InChI=1S/C27H15ClN2O2/c28-18-11-9-16(10-12-18)15-5-7-17(8-6-15)27-29-22-14-13-21-23(24(22)30-27)26(32)20-4-2-1-3-19(20)25(21)31/h1-14H,(H,29,30). The quantitative estimate of drug-likeness (QED) is 0.346. The maximum Gasteiger partial charge on any atom is 0.196 e. The molecule has 32 heavy (non-hydrogen) atoms. The van der Waals surface area contributed by atoms with E-state index in [4.69, 9.17) is 16.6 Å². The summed E-state index contributed by atoms with van der Waals surface area (Å²) in [5.41, 5.74) is 5.91. The van der Waals surface area contributed by atoms with Gasteiger partial charge in [-0.05, 0) is 35.4 Å². The zero-order valence-electron chi connectivity index (χ0n) is 16.7. The number of nitrogens with one attached hydrogen (secondary N) is 1. The normalized spacial score (nSPS) is 12.7. The first kappa shape index (κ1) is 18.7. The highest BCUT2D eigenvalue weighted by molar-refractivity contribution is 6.31. The second-order valence-corrected chi connectivity index (χ2v) is 8.19. The summed E-state index contributed by atoms with van der Waals surface area (Å²) in [6, 6.07) is 26.1. The molecule has 1 aliphatic carbocycles. The number of imidazole rings is 1. The van der Waals surface area contributed by atoms with Crippen molar-refractivity contribution in [3.8, 4) is 22.5 Å². The molecule has 4 aromatic carbocycles. The van der Waals surface area contributed by atoms with Crippen molar-refractivity contribution in [1.29, 1.82) is 0 Å². The van der Waals surface area contributed by atoms with Crippen LogP contribution < -0.4 is 0 Å². The third-order valence-corrected chi connectivity index (χ3v) is 6.13. The second kappa shape index (κ2) is 7.01. The van der Waals surface area contributed by atoms with Crippen molar-refractivity contribution in [2.24, 2.45) is 0 Å². The van der Waals surface area contributed by atoms with Crippen LogP contribution in [0.5, 0.6) is 0 Å². The number of carbonyl (C=O) groups is 2. The Balaban J connectivity index is 1.44. The van der Waals surface area contributed by atoms with Crippen LogP contribution in [0.15, 0.2) is 84.9 Å². The van der Waals surface area contributed by atoms with Gasteiger partial charge in [-0.2, -0.15) is 0 Å². The van der Waals surface area contributed by atoms with E-state index in [1.54, 1.807) is 30.3 Å². The number of hydrogen-bond acceptors (Lipinski definition) is 3. The average molecular weight is 435 g/mol. The predicted octanol–water partition coefficient (Wildman–Crippen LogP) is 6.33. The molecule has 152 valence electrons. The van der Waals surface area contributed by atoms with Gasteiger partial charge < -0.3 is 4.98 Å². The van der Waals surface area contributed by atoms with E-state index < -0.39 is 0 Å². The van der Waals surface area contributed by atoms with Gasteiger partial charge in [0, 0.05) is 27.3 Å². The van der Waals surface area contributed by atoms with Crippen molar-refractivity contribution in [2.75, 3.05) is 0 Å². The van der Waals surface area contributed by atoms with Gasteiger partial charge in [-0.25, -0.2) is 4.98 Å². The monoisotopic (exact) mass is 434 g/mol. The van der Waals surface area contributed by atoms with Crippen molar-refractivity contribution in [2.45, 2.75) is 0 Å². The lowest BCUT2D eigenvalue weighted by Crippen LogP contribution is -2.21. The molecule has 1 N–H and O–H groups in total. The molecule has 1 heterocycles. The van der Waals surface area contributed by atoms with Crippen molar-refractivity contribution < 1.29 is 9.59 Å². The fourth-order valence-electron chi connectivity index (χ4n) is 4.25. The van der Waals surface area contributed by atoms with Gasteiger partial charge in [-0.1, -0.05) is 72.3 Å². The summed E-state index contributed by atoms with van der Waals surface area (Å²) >= 11 is 5.98. The smallest absolute Gasteiger partial charge is 0.196 e. The molecule has 1 aliphatic rings. The van der Waals surface area contributed by atoms with Crippen LogP contribution in [-0.2, 0) is 0 Å². The average Bonchev–Trinajstić information content (AvgIpc) is 3.27. The molecule has 0 fully saturated rings. The van der Waals surface area contributed by atoms with Gasteiger partial charge in [0.05, 0.1) is 11.1 Å². The molecule has 4 nitrogen and oxygen atoms in total. The number of aromatic amines is 1. The maximum atomic E-state index is 13.2. The predicted molar refractivity (Wildman–Crippen MR) is 125 cm³/mol. The van der Waals surface area contributed by atoms with Crippen molar-refractivity contribution >= 4 is 34.2 Å². The summed E-state index contributed by atoms with van der Waals surface area (Å²) in [6.45, 7) is 0. The van der Waals surface area contributed by atoms with Crippen LogP contribution >= 0.6 is 11.6 Å². The van der Waals surface area contributed by atoms with Gasteiger partial charge in [0.15, 0.2) is 11.6 Å². The Morgan fingerprint density at radius 1 is 0.625 bits per heavy atom. The highest BCUT2D eigenvalue weighted by atomic mass is 35.5. The molecule has 0 radical (unpaired) electrons. The Hall–Kier alpha value is -4.02. The first-order chi connectivity index (χ1) is 15.6. The van der Waals surface area contributed by atoms with Crippen molar-refractivity contribution in [3.05, 3.63) is 112 Å². The lowest BCUT2D eigenvalue weighted by Gasteiger charge is -2.17. The Labute approximate surface area is 188 Å². The van der Waals surface area contributed by atoms with E-state index in [2.05, 4.69) is 4.98 Å². The Kier molecular flexibility index (Phi) is 4.10. The molecule has 0 saturated heterocycles. The second-order valence-electron chi connectivity index (χ2n) is 7.76. The van der Waals surface area contributed by atoms with Crippen molar-refractivity contribution in [3.63, 3.8) is 0 Å². The molecule has 0 aliphatic heterocycles. The largest absolute Gasteiger partial charge is 0.338 e. The van der Waals surface area contributed by atoms with Crippen LogP contribution in [0, 0.1) is 0 Å². The number of rotatable bonds is 2. The number of benzene rings is 4. The van der Waals surface area contributed by atoms with Gasteiger partial charge in [-0.15, -0.1) is 0 Å². The first-order valence-electron chi connectivity index (χ1n) is 10.2. The Morgan fingerprint density at radius 2 is 1.22 bits per heavy atom.